The predicted octanol–water partition coefficient (Wildman–Crippen LogP) is 1.80. The molecule has 1 amide bonds. The average molecular weight is 317 g/mol. The van der Waals surface area contributed by atoms with Crippen LogP contribution in [0.3, 0.4) is 0 Å². The summed E-state index contributed by atoms with van der Waals surface area (Å²) < 4.78 is 0. The standard InChI is InChI=1S/C17H23N3O3/c1-2-3-7-15(17(22)23)20-16(21)13(18)9-11-10-19-14-8-5-4-6-12(11)14/h4-6,8,10,13,15,19H,2-3,7,9,18H2,1H3,(H,20,21)(H,22,23)/t13-,15-/m0/s1. The molecule has 0 unspecified atom stereocenters. The van der Waals surface area contributed by atoms with Crippen LogP contribution in [-0.4, -0.2) is 34.1 Å². The summed E-state index contributed by atoms with van der Waals surface area (Å²) in [7, 11) is 0. The molecule has 0 aliphatic rings. The Balaban J connectivity index is 2.00. The quantitative estimate of drug-likeness (QED) is 0.595. The molecule has 0 bridgehead atoms. The van der Waals surface area contributed by atoms with E-state index < -0.39 is 24.0 Å². The maximum atomic E-state index is 12.2. The van der Waals surface area contributed by atoms with E-state index in [9.17, 15) is 9.59 Å². The van der Waals surface area contributed by atoms with Crippen molar-refractivity contribution in [2.45, 2.75) is 44.7 Å². The van der Waals surface area contributed by atoms with E-state index in [1.165, 1.54) is 0 Å². The number of unbranched alkanes of at least 4 members (excludes halogenated alkanes) is 1. The van der Waals surface area contributed by atoms with Crippen LogP contribution in [0.1, 0.15) is 31.7 Å². The first kappa shape index (κ1) is 17.0. The first-order chi connectivity index (χ1) is 11.0. The van der Waals surface area contributed by atoms with Crippen molar-refractivity contribution < 1.29 is 14.7 Å². The number of H-pyrrole nitrogens is 1. The highest BCUT2D eigenvalue weighted by Gasteiger charge is 2.23. The van der Waals surface area contributed by atoms with Gasteiger partial charge in [0.1, 0.15) is 6.04 Å². The van der Waals surface area contributed by atoms with Crippen molar-refractivity contribution in [3.05, 3.63) is 36.0 Å². The minimum Gasteiger partial charge on any atom is -0.480 e. The number of rotatable bonds is 8. The van der Waals surface area contributed by atoms with Crippen molar-refractivity contribution >= 4 is 22.8 Å². The normalized spacial score (nSPS) is 13.7. The second-order valence-corrected chi connectivity index (χ2v) is 5.71. The Bertz CT molecular complexity index is 681. The fourth-order valence-electron chi connectivity index (χ4n) is 2.57. The molecule has 0 aliphatic heterocycles. The number of fused-ring (bicyclic) bond motifs is 1. The molecule has 0 saturated carbocycles. The largest absolute Gasteiger partial charge is 0.480 e. The average Bonchev–Trinajstić information content (AvgIpc) is 2.94. The van der Waals surface area contributed by atoms with Crippen LogP contribution in [-0.2, 0) is 16.0 Å². The summed E-state index contributed by atoms with van der Waals surface area (Å²) in [6.07, 6.45) is 4.23. The van der Waals surface area contributed by atoms with Gasteiger partial charge in [0.15, 0.2) is 0 Å². The molecule has 124 valence electrons. The van der Waals surface area contributed by atoms with Crippen molar-refractivity contribution in [1.82, 2.24) is 10.3 Å². The smallest absolute Gasteiger partial charge is 0.326 e. The molecule has 2 rings (SSSR count). The zero-order valence-corrected chi connectivity index (χ0v) is 13.2. The topological polar surface area (TPSA) is 108 Å². The Hall–Kier alpha value is -2.34. The number of nitrogens with two attached hydrogens (primary N) is 1. The summed E-state index contributed by atoms with van der Waals surface area (Å²) in [5.41, 5.74) is 7.89. The fraction of sp³-hybridized carbons (Fsp3) is 0.412. The molecule has 1 heterocycles. The fourth-order valence-corrected chi connectivity index (χ4v) is 2.57. The van der Waals surface area contributed by atoms with Crippen LogP contribution < -0.4 is 11.1 Å². The number of aromatic nitrogens is 1. The van der Waals surface area contributed by atoms with E-state index in [1.807, 2.05) is 37.4 Å². The lowest BCUT2D eigenvalue weighted by Gasteiger charge is -2.17. The van der Waals surface area contributed by atoms with Gasteiger partial charge in [-0.3, -0.25) is 4.79 Å². The second kappa shape index (κ2) is 7.78. The third-order valence-corrected chi connectivity index (χ3v) is 3.91. The Morgan fingerprint density at radius 3 is 2.78 bits per heavy atom. The van der Waals surface area contributed by atoms with Gasteiger partial charge in [-0.2, -0.15) is 0 Å². The molecule has 0 saturated heterocycles. The van der Waals surface area contributed by atoms with E-state index in [4.69, 9.17) is 10.8 Å². The number of carboxylic acid groups (broad SMARTS) is 1. The number of amides is 1. The van der Waals surface area contributed by atoms with Gasteiger partial charge >= 0.3 is 5.97 Å². The van der Waals surface area contributed by atoms with Gasteiger partial charge in [-0.05, 0) is 24.5 Å². The number of carboxylic acids is 1. The number of aliphatic carboxylic acids is 1. The van der Waals surface area contributed by atoms with Gasteiger partial charge in [0.2, 0.25) is 5.91 Å². The molecular formula is C17H23N3O3. The molecule has 6 heteroatoms. The molecule has 2 aromatic rings. The minimum absolute atomic E-state index is 0.357. The summed E-state index contributed by atoms with van der Waals surface area (Å²) in [5.74, 6) is -1.45. The van der Waals surface area contributed by atoms with Gasteiger partial charge in [-0.1, -0.05) is 38.0 Å². The highest BCUT2D eigenvalue weighted by Crippen LogP contribution is 2.18. The maximum absolute atomic E-state index is 12.2. The monoisotopic (exact) mass is 317 g/mol. The molecule has 0 radical (unpaired) electrons. The number of hydrogen-bond donors (Lipinski definition) is 4. The molecule has 0 fully saturated rings. The SMILES string of the molecule is CCCC[C@H](NC(=O)[C@@H](N)Cc1c[nH]c2ccccc12)C(=O)O. The van der Waals surface area contributed by atoms with Crippen LogP contribution in [0.2, 0.25) is 0 Å². The number of carbonyl (C=O) groups excluding carboxylic acids is 1. The molecule has 0 aliphatic carbocycles. The van der Waals surface area contributed by atoms with E-state index in [1.54, 1.807) is 0 Å². The first-order valence-electron chi connectivity index (χ1n) is 7.86. The van der Waals surface area contributed by atoms with Gasteiger partial charge in [-0.25, -0.2) is 4.79 Å². The van der Waals surface area contributed by atoms with Crippen LogP contribution in [0, 0.1) is 0 Å². The first-order valence-corrected chi connectivity index (χ1v) is 7.86. The number of hydrogen-bond acceptors (Lipinski definition) is 3. The van der Waals surface area contributed by atoms with Gasteiger partial charge in [0.25, 0.3) is 0 Å². The third kappa shape index (κ3) is 4.32. The van der Waals surface area contributed by atoms with Crippen molar-refractivity contribution in [2.24, 2.45) is 5.73 Å². The predicted molar refractivity (Wildman–Crippen MR) is 89.1 cm³/mol. The number of aromatic amines is 1. The van der Waals surface area contributed by atoms with Gasteiger partial charge in [-0.15, -0.1) is 0 Å². The highest BCUT2D eigenvalue weighted by molar-refractivity contribution is 5.88. The van der Waals surface area contributed by atoms with Crippen LogP contribution >= 0.6 is 0 Å². The van der Waals surface area contributed by atoms with Gasteiger partial charge in [0, 0.05) is 17.1 Å². The summed E-state index contributed by atoms with van der Waals surface area (Å²) >= 11 is 0. The molecule has 5 N–H and O–H groups in total. The number of para-hydroxylation sites is 1. The van der Waals surface area contributed by atoms with Gasteiger partial charge in [0.05, 0.1) is 6.04 Å². The van der Waals surface area contributed by atoms with Crippen LogP contribution in [0.5, 0.6) is 0 Å². The van der Waals surface area contributed by atoms with Crippen LogP contribution in [0.25, 0.3) is 10.9 Å². The van der Waals surface area contributed by atoms with E-state index in [0.29, 0.717) is 12.8 Å². The Kier molecular flexibility index (Phi) is 5.76. The van der Waals surface area contributed by atoms with Crippen molar-refractivity contribution in [3.8, 4) is 0 Å². The molecule has 0 spiro atoms. The van der Waals surface area contributed by atoms with Crippen LogP contribution in [0.15, 0.2) is 30.5 Å². The summed E-state index contributed by atoms with van der Waals surface area (Å²) in [5, 5.41) is 12.7. The maximum Gasteiger partial charge on any atom is 0.326 e. The third-order valence-electron chi connectivity index (χ3n) is 3.91. The lowest BCUT2D eigenvalue weighted by Crippen LogP contribution is -2.49. The number of nitrogens with one attached hydrogen (secondary N) is 2. The lowest BCUT2D eigenvalue weighted by atomic mass is 10.0. The molecule has 2 atom stereocenters. The highest BCUT2D eigenvalue weighted by atomic mass is 16.4. The Morgan fingerprint density at radius 1 is 1.35 bits per heavy atom. The zero-order chi connectivity index (χ0) is 16.8. The van der Waals surface area contributed by atoms with E-state index in [2.05, 4.69) is 10.3 Å². The summed E-state index contributed by atoms with van der Waals surface area (Å²) in [4.78, 5) is 26.5. The molecule has 1 aromatic heterocycles. The molecule has 1 aromatic carbocycles. The second-order valence-electron chi connectivity index (χ2n) is 5.71. The molecule has 23 heavy (non-hydrogen) atoms. The lowest BCUT2D eigenvalue weighted by molar-refractivity contribution is -0.142. The van der Waals surface area contributed by atoms with Crippen molar-refractivity contribution in [1.29, 1.82) is 0 Å². The van der Waals surface area contributed by atoms with E-state index in [0.717, 1.165) is 29.3 Å². The minimum atomic E-state index is -1.02. The van der Waals surface area contributed by atoms with Crippen molar-refractivity contribution in [2.75, 3.05) is 0 Å². The van der Waals surface area contributed by atoms with Crippen LogP contribution in [0.4, 0.5) is 0 Å². The Morgan fingerprint density at radius 2 is 2.09 bits per heavy atom. The summed E-state index contributed by atoms with van der Waals surface area (Å²) in [6.45, 7) is 1.98. The van der Waals surface area contributed by atoms with Gasteiger partial charge < -0.3 is 21.1 Å². The van der Waals surface area contributed by atoms with E-state index in [-0.39, 0.29) is 0 Å². The number of benzene rings is 1. The van der Waals surface area contributed by atoms with E-state index >= 15 is 0 Å². The molecular weight excluding hydrogens is 294 g/mol. The number of carbonyl (C=O) groups is 2. The Labute approximate surface area is 135 Å². The van der Waals surface area contributed by atoms with Crippen molar-refractivity contribution in [3.63, 3.8) is 0 Å². The zero-order valence-electron chi connectivity index (χ0n) is 13.2. The molecule has 6 nitrogen and oxygen atoms in total. The summed E-state index contributed by atoms with van der Waals surface area (Å²) in [6, 6.07) is 6.12.